The second-order valence-electron chi connectivity index (χ2n) is 21.1. The molecule has 1 saturated carbocycles. The number of hydrogen-bond acceptors (Lipinski definition) is 9. The molecule has 3 saturated heterocycles. The summed E-state index contributed by atoms with van der Waals surface area (Å²) >= 11 is 0. The zero-order valence-electron chi connectivity index (χ0n) is 40.9. The SMILES string of the molecule is CN(CCCCC(=O)Nc1ccc(CNC[C@H](O[Si](C)(C)C(C)(C)C)c2ccc(O)c3[nH]c(=O)ccc23)cc1)C(=O)CCCc1cccc(C2(C(=O)O[C@H]3CN4CCC3CC4)CCCCC2)c1. The second kappa shape index (κ2) is 22.1. The number of aromatic nitrogens is 1. The summed E-state index contributed by atoms with van der Waals surface area (Å²) in [4.78, 5) is 59.1. The molecule has 362 valence electrons. The minimum atomic E-state index is -2.21. The summed E-state index contributed by atoms with van der Waals surface area (Å²) < 4.78 is 13.3. The van der Waals surface area contributed by atoms with Gasteiger partial charge >= 0.3 is 5.97 Å². The molecule has 67 heavy (non-hydrogen) atoms. The van der Waals surface area contributed by atoms with Gasteiger partial charge in [0.15, 0.2) is 8.32 Å². The standard InChI is InChI=1S/C54H75N5O7Si/c1-53(2,3)67(5,6)66-46(43-23-25-45(60)51-44(43)24-26-49(62)57-51)36-55-35-39-19-21-42(22-20-39)56-48(61)17-8-11-31-58(4)50(63)18-13-15-38-14-12-16-41(34-38)54(29-9-7-10-30-54)52(64)65-47-37-59-32-27-40(47)28-33-59/h12,14,16,19-26,34,40,46-47,55,60H,7-11,13,15,17-18,27-33,35-37H2,1-6H3,(H,56,61)(H,57,62)/t46-,47-/m0/s1. The van der Waals surface area contributed by atoms with Crippen molar-refractivity contribution in [2.45, 2.75) is 147 Å². The lowest BCUT2D eigenvalue weighted by Crippen LogP contribution is -2.53. The van der Waals surface area contributed by atoms with Gasteiger partial charge in [0.2, 0.25) is 17.4 Å². The van der Waals surface area contributed by atoms with Gasteiger partial charge < -0.3 is 34.8 Å². The van der Waals surface area contributed by atoms with Crippen LogP contribution in [0.5, 0.6) is 5.75 Å². The van der Waals surface area contributed by atoms with E-state index < -0.39 is 13.7 Å². The molecule has 8 rings (SSSR count). The van der Waals surface area contributed by atoms with Crippen molar-refractivity contribution >= 4 is 42.7 Å². The monoisotopic (exact) mass is 934 g/mol. The van der Waals surface area contributed by atoms with E-state index >= 15 is 0 Å². The molecule has 4 fully saturated rings. The van der Waals surface area contributed by atoms with Crippen molar-refractivity contribution in [2.24, 2.45) is 5.92 Å². The number of anilines is 1. The summed E-state index contributed by atoms with van der Waals surface area (Å²) in [5, 5.41) is 17.8. The maximum atomic E-state index is 14.0. The predicted octanol–water partition coefficient (Wildman–Crippen LogP) is 9.52. The van der Waals surface area contributed by atoms with Crippen molar-refractivity contribution in [3.05, 3.63) is 105 Å². The van der Waals surface area contributed by atoms with Crippen LogP contribution in [0.25, 0.3) is 10.9 Å². The lowest BCUT2D eigenvalue weighted by atomic mass is 9.69. The number of unbranched alkanes of at least 4 members (excludes halogenated alkanes) is 1. The Hall–Kier alpha value is -4.82. The third-order valence-electron chi connectivity index (χ3n) is 15.3. The van der Waals surface area contributed by atoms with E-state index in [4.69, 9.17) is 9.16 Å². The molecule has 4 aromatic rings. The van der Waals surface area contributed by atoms with Crippen LogP contribution in [0.15, 0.2) is 77.6 Å². The van der Waals surface area contributed by atoms with Gasteiger partial charge in [-0.2, -0.15) is 0 Å². The van der Waals surface area contributed by atoms with Gasteiger partial charge in [0.1, 0.15) is 11.9 Å². The number of ether oxygens (including phenoxy) is 1. The van der Waals surface area contributed by atoms with E-state index in [1.54, 1.807) is 17.0 Å². The second-order valence-corrected chi connectivity index (χ2v) is 25.8. The number of amides is 2. The van der Waals surface area contributed by atoms with Gasteiger partial charge in [-0.3, -0.25) is 24.1 Å². The molecule has 1 aromatic heterocycles. The number of carbonyl (C=O) groups is 3. The Morgan fingerprint density at radius 3 is 2.37 bits per heavy atom. The number of carbonyl (C=O) groups excluding carboxylic acids is 3. The lowest BCUT2D eigenvalue weighted by Gasteiger charge is -2.45. The number of piperidine rings is 3. The lowest BCUT2D eigenvalue weighted by molar-refractivity contribution is -0.167. The molecule has 0 spiro atoms. The largest absolute Gasteiger partial charge is 0.506 e. The number of aromatic amines is 1. The Morgan fingerprint density at radius 2 is 1.67 bits per heavy atom. The molecule has 12 nitrogen and oxygen atoms in total. The van der Waals surface area contributed by atoms with Crippen molar-refractivity contribution in [3.8, 4) is 5.75 Å². The smallest absolute Gasteiger partial charge is 0.316 e. The summed E-state index contributed by atoms with van der Waals surface area (Å²) in [6.45, 7) is 15.8. The van der Waals surface area contributed by atoms with E-state index in [2.05, 4.69) is 78.6 Å². The third kappa shape index (κ3) is 12.6. The van der Waals surface area contributed by atoms with Crippen LogP contribution in [0.1, 0.15) is 126 Å². The average molecular weight is 934 g/mol. The van der Waals surface area contributed by atoms with Gasteiger partial charge in [0.25, 0.3) is 0 Å². The molecule has 4 aliphatic rings. The maximum Gasteiger partial charge on any atom is 0.316 e. The summed E-state index contributed by atoms with van der Waals surface area (Å²) in [6, 6.07) is 23.0. The Balaban J connectivity index is 0.821. The zero-order chi connectivity index (χ0) is 47.8. The van der Waals surface area contributed by atoms with E-state index in [1.165, 1.54) is 6.07 Å². The highest BCUT2D eigenvalue weighted by molar-refractivity contribution is 6.74. The number of aromatic hydroxyl groups is 1. The summed E-state index contributed by atoms with van der Waals surface area (Å²) in [5.74, 6) is 0.518. The molecule has 2 atom stereocenters. The normalized spacial score (nSPS) is 19.8. The summed E-state index contributed by atoms with van der Waals surface area (Å²) in [7, 11) is -0.373. The van der Waals surface area contributed by atoms with Crippen molar-refractivity contribution in [1.29, 1.82) is 0 Å². The number of aryl methyl sites for hydroxylation is 1. The van der Waals surface area contributed by atoms with Gasteiger partial charge in [-0.15, -0.1) is 0 Å². The molecule has 4 heterocycles. The fraction of sp³-hybridized carbons (Fsp3) is 0.556. The van der Waals surface area contributed by atoms with Gasteiger partial charge in [0, 0.05) is 63.2 Å². The van der Waals surface area contributed by atoms with Crippen LogP contribution >= 0.6 is 0 Å². The Kier molecular flexibility index (Phi) is 16.5. The highest BCUT2D eigenvalue weighted by Crippen LogP contribution is 2.43. The Morgan fingerprint density at radius 1 is 0.925 bits per heavy atom. The third-order valence-corrected chi connectivity index (χ3v) is 19.7. The first-order valence-electron chi connectivity index (χ1n) is 24.9. The number of H-pyrrole nitrogens is 1. The Bertz CT molecular complexity index is 2380. The highest BCUT2D eigenvalue weighted by atomic mass is 28.4. The zero-order valence-corrected chi connectivity index (χ0v) is 41.9. The number of hydrogen-bond donors (Lipinski definition) is 4. The van der Waals surface area contributed by atoms with Crippen molar-refractivity contribution < 1.29 is 28.7 Å². The first kappa shape index (κ1) is 50.1. The number of pyridine rings is 1. The molecule has 2 bridgehead atoms. The van der Waals surface area contributed by atoms with E-state index in [0.29, 0.717) is 50.3 Å². The molecule has 2 amide bonds. The van der Waals surface area contributed by atoms with Crippen molar-refractivity contribution in [1.82, 2.24) is 20.1 Å². The minimum absolute atomic E-state index is 0.00909. The van der Waals surface area contributed by atoms with Gasteiger partial charge in [0.05, 0.1) is 17.0 Å². The first-order valence-corrected chi connectivity index (χ1v) is 27.8. The summed E-state index contributed by atoms with van der Waals surface area (Å²) in [5.41, 5.74) is 4.45. The Labute approximate surface area is 398 Å². The average Bonchev–Trinajstić information content (AvgIpc) is 3.31. The predicted molar refractivity (Wildman–Crippen MR) is 269 cm³/mol. The molecule has 1 aliphatic carbocycles. The minimum Gasteiger partial charge on any atom is -0.506 e. The number of rotatable bonds is 20. The van der Waals surface area contributed by atoms with Crippen LogP contribution in [0.2, 0.25) is 18.1 Å². The fourth-order valence-electron chi connectivity index (χ4n) is 10.0. The van der Waals surface area contributed by atoms with Crippen molar-refractivity contribution in [3.63, 3.8) is 0 Å². The molecule has 0 radical (unpaired) electrons. The number of phenolic OH excluding ortho intramolecular Hbond substituents is 1. The van der Waals surface area contributed by atoms with Crippen LogP contribution < -0.4 is 16.2 Å². The quantitative estimate of drug-likeness (QED) is 0.0386. The number of nitrogens with one attached hydrogen (secondary N) is 3. The molecular weight excluding hydrogens is 859 g/mol. The van der Waals surface area contributed by atoms with Crippen LogP contribution in [-0.2, 0) is 41.9 Å². The molecule has 4 N–H and O–H groups in total. The number of benzene rings is 3. The highest BCUT2D eigenvalue weighted by Gasteiger charge is 2.46. The van der Waals surface area contributed by atoms with Crippen LogP contribution in [0, 0.1) is 5.92 Å². The summed E-state index contributed by atoms with van der Waals surface area (Å²) in [6.07, 6.45) is 10.5. The van der Waals surface area contributed by atoms with E-state index in [0.717, 1.165) is 117 Å². The van der Waals surface area contributed by atoms with E-state index in [-0.39, 0.29) is 46.3 Å². The van der Waals surface area contributed by atoms with Gasteiger partial charge in [-0.1, -0.05) is 82.5 Å². The van der Waals surface area contributed by atoms with Gasteiger partial charge in [-0.25, -0.2) is 0 Å². The number of nitrogens with zero attached hydrogens (tertiary/aromatic N) is 2. The van der Waals surface area contributed by atoms with E-state index in [9.17, 15) is 24.3 Å². The van der Waals surface area contributed by atoms with Crippen LogP contribution in [0.3, 0.4) is 0 Å². The first-order chi connectivity index (χ1) is 32.0. The van der Waals surface area contributed by atoms with Crippen LogP contribution in [-0.4, -0.2) is 91.9 Å². The number of fused-ring (bicyclic) bond motifs is 4. The van der Waals surface area contributed by atoms with Gasteiger partial charge in [-0.05, 0) is 135 Å². The van der Waals surface area contributed by atoms with E-state index in [1.807, 2.05) is 37.4 Å². The topological polar surface area (TPSA) is 153 Å². The number of phenols is 1. The van der Waals surface area contributed by atoms with Crippen LogP contribution in [0.4, 0.5) is 5.69 Å². The molecule has 0 unspecified atom stereocenters. The molecular formula is C54H75N5O7Si. The molecule has 3 aromatic carbocycles. The van der Waals surface area contributed by atoms with Crippen molar-refractivity contribution in [2.75, 3.05) is 45.1 Å². The fourth-order valence-corrected chi connectivity index (χ4v) is 11.3. The molecule has 3 aliphatic heterocycles. The number of esters is 1. The molecule has 13 heteroatoms. The maximum absolute atomic E-state index is 14.0.